The molecule has 2 aliphatic rings. The molecule has 1 nitrogen and oxygen atoms in total. The molecular weight excluding hydrogens is 253 g/mol. The summed E-state index contributed by atoms with van der Waals surface area (Å²) in [7, 11) is 0. The Morgan fingerprint density at radius 1 is 0.857 bits per heavy atom. The second-order valence-electron chi connectivity index (χ2n) is 5.59. The first-order valence-corrected chi connectivity index (χ1v) is 7.34. The van der Waals surface area contributed by atoms with Gasteiger partial charge in [-0.15, -0.1) is 0 Å². The van der Waals surface area contributed by atoms with Crippen LogP contribution in [0.4, 0.5) is 5.69 Å². The SMILES string of the molecule is CC1=CB2C=C(c3ccccc3)c3ccccc3N2C=C1. The number of rotatable bonds is 1. The Hall–Kier alpha value is -2.48. The molecular formula is C19H16BN. The van der Waals surface area contributed by atoms with Gasteiger partial charge in [-0.05, 0) is 36.4 Å². The maximum absolute atomic E-state index is 2.37. The van der Waals surface area contributed by atoms with Crippen LogP contribution >= 0.6 is 0 Å². The molecule has 4 rings (SSSR count). The molecule has 100 valence electrons. The molecule has 0 aromatic heterocycles. The standard InChI is InChI=1S/C19H16BN/c1-15-11-12-21-19-10-6-5-9-17(19)18(14-20(21)13-15)16-7-3-2-4-8-16/h2-14H,1H3. The largest absolute Gasteiger partial charge is 0.383 e. The van der Waals surface area contributed by atoms with Crippen LogP contribution in [0.1, 0.15) is 18.1 Å². The molecule has 0 aliphatic carbocycles. The van der Waals surface area contributed by atoms with Gasteiger partial charge >= 0.3 is 6.85 Å². The molecule has 2 aromatic rings. The Kier molecular flexibility index (Phi) is 2.82. The van der Waals surface area contributed by atoms with Crippen molar-refractivity contribution >= 4 is 18.1 Å². The quantitative estimate of drug-likeness (QED) is 0.690. The van der Waals surface area contributed by atoms with Crippen molar-refractivity contribution in [2.75, 3.05) is 4.81 Å². The average molecular weight is 269 g/mol. The van der Waals surface area contributed by atoms with Gasteiger partial charge in [0.1, 0.15) is 0 Å². The minimum atomic E-state index is 0.306. The summed E-state index contributed by atoms with van der Waals surface area (Å²) in [4.78, 5) is 2.34. The number of anilines is 1. The molecule has 0 fully saturated rings. The second kappa shape index (κ2) is 4.82. The lowest BCUT2D eigenvalue weighted by molar-refractivity contribution is 1.31. The summed E-state index contributed by atoms with van der Waals surface area (Å²) < 4.78 is 0. The smallest absolute Gasteiger partial charge is 0.313 e. The molecule has 2 aromatic carbocycles. The summed E-state index contributed by atoms with van der Waals surface area (Å²) >= 11 is 0. The number of fused-ring (bicyclic) bond motifs is 3. The number of benzene rings is 2. The summed E-state index contributed by atoms with van der Waals surface area (Å²) in [6, 6.07) is 19.3. The van der Waals surface area contributed by atoms with Gasteiger partial charge in [0, 0.05) is 11.3 Å². The van der Waals surface area contributed by atoms with Crippen molar-refractivity contribution in [1.82, 2.24) is 0 Å². The van der Waals surface area contributed by atoms with Gasteiger partial charge in [-0.25, -0.2) is 0 Å². The van der Waals surface area contributed by atoms with Crippen molar-refractivity contribution in [2.45, 2.75) is 6.92 Å². The zero-order valence-electron chi connectivity index (χ0n) is 12.0. The minimum Gasteiger partial charge on any atom is -0.383 e. The van der Waals surface area contributed by atoms with E-state index in [-0.39, 0.29) is 0 Å². The van der Waals surface area contributed by atoms with Gasteiger partial charge in [-0.1, -0.05) is 66.1 Å². The highest BCUT2D eigenvalue weighted by Crippen LogP contribution is 2.38. The number of nitrogens with zero attached hydrogens (tertiary/aromatic N) is 1. The maximum Gasteiger partial charge on any atom is 0.313 e. The fourth-order valence-corrected chi connectivity index (χ4v) is 3.13. The lowest BCUT2D eigenvalue weighted by Gasteiger charge is -2.34. The summed E-state index contributed by atoms with van der Waals surface area (Å²) in [6.45, 7) is 2.46. The molecule has 0 spiro atoms. The molecule has 0 N–H and O–H groups in total. The zero-order valence-corrected chi connectivity index (χ0v) is 12.0. The van der Waals surface area contributed by atoms with E-state index in [2.05, 4.69) is 90.6 Å². The summed E-state index contributed by atoms with van der Waals surface area (Å²) in [5.41, 5.74) is 6.51. The van der Waals surface area contributed by atoms with E-state index in [9.17, 15) is 0 Å². The highest BCUT2D eigenvalue weighted by Gasteiger charge is 2.28. The Morgan fingerprint density at radius 2 is 1.62 bits per heavy atom. The average Bonchev–Trinajstić information content (AvgIpc) is 2.54. The number of allylic oxidation sites excluding steroid dienone is 2. The molecule has 21 heavy (non-hydrogen) atoms. The van der Waals surface area contributed by atoms with Gasteiger partial charge < -0.3 is 4.81 Å². The summed E-state index contributed by atoms with van der Waals surface area (Å²) in [5.74, 6) is 4.68. The van der Waals surface area contributed by atoms with Gasteiger partial charge in [0.05, 0.1) is 0 Å². The van der Waals surface area contributed by atoms with Crippen LogP contribution in [0.2, 0.25) is 0 Å². The molecule has 2 aliphatic heterocycles. The molecule has 0 saturated heterocycles. The monoisotopic (exact) mass is 269 g/mol. The normalized spacial score (nSPS) is 16.0. The molecule has 0 saturated carbocycles. The van der Waals surface area contributed by atoms with E-state index in [1.165, 1.54) is 28.0 Å². The van der Waals surface area contributed by atoms with Crippen molar-refractivity contribution in [3.63, 3.8) is 0 Å². The van der Waals surface area contributed by atoms with Crippen molar-refractivity contribution < 1.29 is 0 Å². The molecule has 0 atom stereocenters. The van der Waals surface area contributed by atoms with Crippen molar-refractivity contribution in [3.05, 3.63) is 95.5 Å². The molecule has 0 radical (unpaired) electrons. The van der Waals surface area contributed by atoms with E-state index in [1.807, 2.05) is 0 Å². The van der Waals surface area contributed by atoms with Gasteiger partial charge in [0.25, 0.3) is 0 Å². The Balaban J connectivity index is 1.92. The van der Waals surface area contributed by atoms with E-state index in [1.54, 1.807) is 0 Å². The Morgan fingerprint density at radius 3 is 2.48 bits per heavy atom. The van der Waals surface area contributed by atoms with Crippen LogP contribution in [-0.4, -0.2) is 6.85 Å². The van der Waals surface area contributed by atoms with E-state index < -0.39 is 0 Å². The van der Waals surface area contributed by atoms with Gasteiger partial charge in [0.2, 0.25) is 0 Å². The van der Waals surface area contributed by atoms with Crippen molar-refractivity contribution in [2.24, 2.45) is 0 Å². The molecule has 0 unspecified atom stereocenters. The number of hydrogen-bond acceptors (Lipinski definition) is 1. The van der Waals surface area contributed by atoms with E-state index >= 15 is 0 Å². The van der Waals surface area contributed by atoms with E-state index in [0.29, 0.717) is 6.85 Å². The first-order valence-electron chi connectivity index (χ1n) is 7.34. The highest BCUT2D eigenvalue weighted by atomic mass is 15.1. The summed E-state index contributed by atoms with van der Waals surface area (Å²) in [6.07, 6.45) is 4.37. The van der Waals surface area contributed by atoms with Crippen LogP contribution in [-0.2, 0) is 0 Å². The summed E-state index contributed by atoms with van der Waals surface area (Å²) in [5, 5.41) is 0. The third kappa shape index (κ3) is 2.04. The van der Waals surface area contributed by atoms with Crippen molar-refractivity contribution in [3.8, 4) is 0 Å². The zero-order chi connectivity index (χ0) is 14.2. The van der Waals surface area contributed by atoms with Crippen LogP contribution in [0.3, 0.4) is 0 Å². The lowest BCUT2D eigenvalue weighted by atomic mass is 9.54. The Labute approximate surface area is 126 Å². The minimum absolute atomic E-state index is 0.306. The third-order valence-corrected chi connectivity index (χ3v) is 4.15. The first kappa shape index (κ1) is 12.3. The van der Waals surface area contributed by atoms with E-state index in [0.717, 1.165) is 0 Å². The van der Waals surface area contributed by atoms with E-state index in [4.69, 9.17) is 0 Å². The number of para-hydroxylation sites is 1. The molecule has 0 bridgehead atoms. The predicted molar refractivity (Wildman–Crippen MR) is 91.1 cm³/mol. The topological polar surface area (TPSA) is 3.24 Å². The van der Waals surface area contributed by atoms with Crippen LogP contribution in [0.5, 0.6) is 0 Å². The van der Waals surface area contributed by atoms with Gasteiger partial charge in [0.15, 0.2) is 0 Å². The lowest BCUT2D eigenvalue weighted by Crippen LogP contribution is -2.37. The maximum atomic E-state index is 2.37. The molecule has 2 heteroatoms. The third-order valence-electron chi connectivity index (χ3n) is 4.15. The Bertz CT molecular complexity index is 771. The molecule has 2 heterocycles. The predicted octanol–water partition coefficient (Wildman–Crippen LogP) is 4.48. The van der Waals surface area contributed by atoms with Crippen LogP contribution in [0.15, 0.2) is 84.4 Å². The number of hydrogen-bond donors (Lipinski definition) is 0. The first-order chi connectivity index (χ1) is 10.3. The van der Waals surface area contributed by atoms with Crippen molar-refractivity contribution in [1.29, 1.82) is 0 Å². The fourth-order valence-electron chi connectivity index (χ4n) is 3.13. The van der Waals surface area contributed by atoms with Gasteiger partial charge in [-0.3, -0.25) is 0 Å². The van der Waals surface area contributed by atoms with Crippen LogP contribution in [0, 0.1) is 0 Å². The molecule has 0 amide bonds. The van der Waals surface area contributed by atoms with Crippen LogP contribution < -0.4 is 4.81 Å². The van der Waals surface area contributed by atoms with Crippen LogP contribution in [0.25, 0.3) is 5.57 Å². The fraction of sp³-hybridized carbons (Fsp3) is 0.0526. The van der Waals surface area contributed by atoms with Gasteiger partial charge in [-0.2, -0.15) is 0 Å². The highest BCUT2D eigenvalue weighted by molar-refractivity contribution is 6.76. The second-order valence-corrected chi connectivity index (χ2v) is 5.59.